The first-order valence-corrected chi connectivity index (χ1v) is 16.5. The van der Waals surface area contributed by atoms with Gasteiger partial charge in [-0.05, 0) is 65.6 Å². The topological polar surface area (TPSA) is 26.2 Å². The molecule has 0 amide bonds. The van der Waals surface area contributed by atoms with E-state index in [2.05, 4.69) is 175 Å². The smallest absolute Gasteiger partial charge is 0.141 e. The van der Waals surface area contributed by atoms with Crippen LogP contribution in [0.25, 0.3) is 44.2 Å². The van der Waals surface area contributed by atoms with Crippen molar-refractivity contribution in [2.45, 2.75) is 12.3 Å². The lowest BCUT2D eigenvalue weighted by Crippen LogP contribution is -2.33. The average Bonchev–Trinajstić information content (AvgIpc) is 3.51. The normalized spacial score (nSPS) is 17.7. The van der Waals surface area contributed by atoms with Gasteiger partial charge in [-0.25, -0.2) is 0 Å². The molecule has 48 heavy (non-hydrogen) atoms. The van der Waals surface area contributed by atoms with E-state index < -0.39 is 5.41 Å². The van der Waals surface area contributed by atoms with Crippen LogP contribution in [-0.2, 0) is 5.41 Å². The van der Waals surface area contributed by atoms with Crippen LogP contribution < -0.4 is 10.1 Å². The molecule has 2 aliphatic rings. The Morgan fingerprint density at radius 3 is 2.19 bits per heavy atom. The van der Waals surface area contributed by atoms with E-state index in [0.717, 1.165) is 67.0 Å². The van der Waals surface area contributed by atoms with Gasteiger partial charge in [0.05, 0.1) is 21.8 Å². The van der Waals surface area contributed by atoms with E-state index in [4.69, 9.17) is 11.3 Å². The number of hydrogen-bond donors (Lipinski definition) is 1. The van der Waals surface area contributed by atoms with Gasteiger partial charge < -0.3 is 14.6 Å². The molecule has 230 valence electrons. The van der Waals surface area contributed by atoms with Gasteiger partial charge in [0.15, 0.2) is 0 Å². The second-order valence-electron chi connectivity index (χ2n) is 12.7. The van der Waals surface area contributed by atoms with Crippen LogP contribution in [0.15, 0.2) is 176 Å². The summed E-state index contributed by atoms with van der Waals surface area (Å²) in [7, 11) is 0. The van der Waals surface area contributed by atoms with E-state index in [1.807, 2.05) is 0 Å². The third-order valence-electron chi connectivity index (χ3n) is 10.1. The van der Waals surface area contributed by atoms with Crippen LogP contribution in [0.1, 0.15) is 23.6 Å². The molecule has 1 unspecified atom stereocenters. The van der Waals surface area contributed by atoms with Gasteiger partial charge in [0.25, 0.3) is 0 Å². The number of allylic oxidation sites excluding steroid dienone is 3. The minimum absolute atomic E-state index is 0.544. The summed E-state index contributed by atoms with van der Waals surface area (Å²) in [5.74, 6) is 1.72. The molecule has 9 rings (SSSR count). The van der Waals surface area contributed by atoms with Crippen LogP contribution in [-0.4, -0.2) is 11.1 Å². The van der Waals surface area contributed by atoms with E-state index in [9.17, 15) is 0 Å². The molecule has 1 N–H and O–H groups in total. The summed E-state index contributed by atoms with van der Waals surface area (Å²) < 4.78 is 9.53. The monoisotopic (exact) mass is 618 g/mol. The SMILES string of the molecule is C=C1C2=C(/C=C\CNc3ccccc31)Oc1c(ccc3c1c1ccccc1n3-c1ccc(-c3ccccc3)cc1)C2(C)c1ccccc1. The van der Waals surface area contributed by atoms with Gasteiger partial charge in [0.1, 0.15) is 11.5 Å². The fourth-order valence-electron chi connectivity index (χ4n) is 7.79. The van der Waals surface area contributed by atoms with Crippen molar-refractivity contribution in [3.63, 3.8) is 0 Å². The van der Waals surface area contributed by atoms with Gasteiger partial charge in [-0.3, -0.25) is 0 Å². The van der Waals surface area contributed by atoms with Crippen molar-refractivity contribution >= 4 is 33.1 Å². The molecule has 0 bridgehead atoms. The third kappa shape index (κ3) is 4.21. The van der Waals surface area contributed by atoms with Crippen LogP contribution in [0.2, 0.25) is 0 Å². The molecular weight excluding hydrogens is 585 g/mol. The largest absolute Gasteiger partial charge is 0.456 e. The molecular formula is C45H34N2O. The van der Waals surface area contributed by atoms with E-state index >= 15 is 0 Å². The predicted molar refractivity (Wildman–Crippen MR) is 200 cm³/mol. The molecule has 1 aromatic heterocycles. The number of fused-ring (bicyclic) bond motifs is 6. The van der Waals surface area contributed by atoms with Crippen LogP contribution in [0.4, 0.5) is 5.69 Å². The van der Waals surface area contributed by atoms with Crippen molar-refractivity contribution in [2.75, 3.05) is 11.9 Å². The zero-order chi connectivity index (χ0) is 32.2. The van der Waals surface area contributed by atoms with Crippen molar-refractivity contribution in [2.24, 2.45) is 0 Å². The lowest BCUT2D eigenvalue weighted by molar-refractivity contribution is 0.402. The quantitative estimate of drug-likeness (QED) is 0.213. The number of nitrogens with zero attached hydrogens (tertiary/aromatic N) is 1. The Morgan fingerprint density at radius 1 is 0.688 bits per heavy atom. The zero-order valence-corrected chi connectivity index (χ0v) is 26.8. The molecule has 0 spiro atoms. The van der Waals surface area contributed by atoms with Crippen molar-refractivity contribution < 1.29 is 4.74 Å². The second kappa shape index (κ2) is 11.0. The standard InChI is InChI=1S/C45H34N2O/c1-30-35-18-9-11-20-38(35)46-29-13-22-41-43(30)45(2,33-16-7-4-8-17-33)37-27-28-40-42(44(37)48-41)36-19-10-12-21-39(36)47(40)34-25-23-32(24-26-34)31-14-5-3-6-15-31/h3-28,46H,1,29H2,2H3/b22-13-. The molecule has 7 aromatic rings. The Balaban J connectivity index is 1.31. The molecule has 3 heterocycles. The molecule has 2 aliphatic heterocycles. The minimum Gasteiger partial charge on any atom is -0.456 e. The van der Waals surface area contributed by atoms with Crippen LogP contribution in [0.5, 0.6) is 5.75 Å². The highest BCUT2D eigenvalue weighted by Gasteiger charge is 2.44. The zero-order valence-electron chi connectivity index (χ0n) is 26.8. The maximum atomic E-state index is 7.17. The van der Waals surface area contributed by atoms with E-state index in [1.165, 1.54) is 16.7 Å². The highest BCUT2D eigenvalue weighted by Crippen LogP contribution is 2.56. The summed E-state index contributed by atoms with van der Waals surface area (Å²) in [6.45, 7) is 7.76. The Labute approximate surface area is 280 Å². The number of benzene rings is 6. The number of aromatic nitrogens is 1. The molecule has 0 fully saturated rings. The number of rotatable bonds is 3. The van der Waals surface area contributed by atoms with E-state index in [1.54, 1.807) is 0 Å². The summed E-state index contributed by atoms with van der Waals surface area (Å²) in [6, 6.07) is 51.9. The maximum absolute atomic E-state index is 7.17. The lowest BCUT2D eigenvalue weighted by Gasteiger charge is -2.40. The van der Waals surface area contributed by atoms with Crippen molar-refractivity contribution in [3.05, 3.63) is 192 Å². The fourth-order valence-corrected chi connectivity index (χ4v) is 7.79. The van der Waals surface area contributed by atoms with Crippen molar-refractivity contribution in [3.8, 4) is 22.6 Å². The van der Waals surface area contributed by atoms with Gasteiger partial charge in [-0.1, -0.05) is 128 Å². The first kappa shape index (κ1) is 28.2. The molecule has 0 saturated carbocycles. The average molecular weight is 619 g/mol. The van der Waals surface area contributed by atoms with Crippen molar-refractivity contribution in [1.29, 1.82) is 0 Å². The number of ether oxygens (including phenoxy) is 1. The maximum Gasteiger partial charge on any atom is 0.141 e. The molecule has 0 radical (unpaired) electrons. The number of nitrogens with one attached hydrogen (secondary N) is 1. The summed E-state index contributed by atoms with van der Waals surface area (Å²) in [6.07, 6.45) is 4.28. The van der Waals surface area contributed by atoms with Gasteiger partial charge >= 0.3 is 0 Å². The Bertz CT molecular complexity index is 2430. The number of anilines is 1. The molecule has 3 nitrogen and oxygen atoms in total. The summed E-state index contributed by atoms with van der Waals surface area (Å²) >= 11 is 0. The van der Waals surface area contributed by atoms with Crippen LogP contribution >= 0.6 is 0 Å². The van der Waals surface area contributed by atoms with Gasteiger partial charge in [-0.15, -0.1) is 0 Å². The summed E-state index contributed by atoms with van der Waals surface area (Å²) in [5.41, 5.74) is 11.7. The van der Waals surface area contributed by atoms with E-state index in [0.29, 0.717) is 6.54 Å². The second-order valence-corrected chi connectivity index (χ2v) is 12.7. The first-order valence-electron chi connectivity index (χ1n) is 16.5. The molecule has 6 aromatic carbocycles. The Kier molecular flexibility index (Phi) is 6.48. The lowest BCUT2D eigenvalue weighted by atomic mass is 9.65. The Hall–Kier alpha value is -6.06. The van der Waals surface area contributed by atoms with E-state index in [-0.39, 0.29) is 0 Å². The molecule has 1 atom stereocenters. The third-order valence-corrected chi connectivity index (χ3v) is 10.1. The minimum atomic E-state index is -0.544. The van der Waals surface area contributed by atoms with Gasteiger partial charge in [0, 0.05) is 40.0 Å². The molecule has 0 saturated heterocycles. The highest BCUT2D eigenvalue weighted by atomic mass is 16.5. The fraction of sp³-hybridized carbons (Fsp3) is 0.0667. The van der Waals surface area contributed by atoms with Gasteiger partial charge in [-0.2, -0.15) is 0 Å². The first-order chi connectivity index (χ1) is 23.6. The summed E-state index contributed by atoms with van der Waals surface area (Å²) in [5, 5.41) is 5.86. The van der Waals surface area contributed by atoms with Crippen LogP contribution in [0.3, 0.4) is 0 Å². The number of hydrogen-bond acceptors (Lipinski definition) is 2. The van der Waals surface area contributed by atoms with Crippen molar-refractivity contribution in [1.82, 2.24) is 4.57 Å². The molecule has 0 aliphatic carbocycles. The summed E-state index contributed by atoms with van der Waals surface area (Å²) in [4.78, 5) is 0. The molecule has 3 heteroatoms. The predicted octanol–water partition coefficient (Wildman–Crippen LogP) is 11.1. The Morgan fingerprint density at radius 2 is 1.38 bits per heavy atom. The van der Waals surface area contributed by atoms with Crippen LogP contribution in [0, 0.1) is 0 Å². The highest BCUT2D eigenvalue weighted by molar-refractivity contribution is 6.13. The number of para-hydroxylation sites is 2. The van der Waals surface area contributed by atoms with Gasteiger partial charge in [0.2, 0.25) is 0 Å².